The molecule has 2 bridgehead atoms. The van der Waals surface area contributed by atoms with Crippen LogP contribution in [0.15, 0.2) is 11.1 Å². The van der Waals surface area contributed by atoms with E-state index >= 15 is 0 Å². The van der Waals surface area contributed by atoms with Gasteiger partial charge in [-0.1, -0.05) is 31.9 Å². The molecular formula is C13H22. The molecule has 74 valence electrons. The molecule has 2 fully saturated rings. The summed E-state index contributed by atoms with van der Waals surface area (Å²) in [6, 6.07) is 0. The molecule has 0 unspecified atom stereocenters. The quantitative estimate of drug-likeness (QED) is 0.488. The second kappa shape index (κ2) is 2.40. The van der Waals surface area contributed by atoms with Crippen molar-refractivity contribution in [2.45, 2.75) is 53.9 Å². The fourth-order valence-corrected chi connectivity index (χ4v) is 3.72. The van der Waals surface area contributed by atoms with Crippen LogP contribution in [0.3, 0.4) is 0 Å². The van der Waals surface area contributed by atoms with Crippen molar-refractivity contribution in [2.75, 3.05) is 0 Å². The summed E-state index contributed by atoms with van der Waals surface area (Å²) in [7, 11) is 0. The Morgan fingerprint density at radius 1 is 1.23 bits per heavy atom. The third kappa shape index (κ3) is 0.923. The molecule has 0 aliphatic heterocycles. The Kier molecular flexibility index (Phi) is 1.72. The van der Waals surface area contributed by atoms with E-state index in [2.05, 4.69) is 34.6 Å². The van der Waals surface area contributed by atoms with Crippen molar-refractivity contribution in [2.24, 2.45) is 16.7 Å². The molecule has 0 aromatic heterocycles. The van der Waals surface area contributed by atoms with Crippen molar-refractivity contribution in [3.8, 4) is 0 Å². The van der Waals surface area contributed by atoms with Crippen LogP contribution in [-0.4, -0.2) is 0 Å². The SMILES string of the molecule is CC(C)=C1C[C@H]2CC[C@]1(C)C2(C)C. The first-order valence-electron chi connectivity index (χ1n) is 5.56. The molecule has 0 heterocycles. The lowest BCUT2D eigenvalue weighted by molar-refractivity contribution is 0.178. The lowest BCUT2D eigenvalue weighted by Crippen LogP contribution is -2.28. The number of fused-ring (bicyclic) bond motifs is 2. The molecule has 2 aliphatic carbocycles. The van der Waals surface area contributed by atoms with Crippen molar-refractivity contribution in [3.63, 3.8) is 0 Å². The third-order valence-electron chi connectivity index (χ3n) is 5.16. The highest BCUT2D eigenvalue weighted by Crippen LogP contribution is 2.68. The van der Waals surface area contributed by atoms with Gasteiger partial charge in [-0.3, -0.25) is 0 Å². The van der Waals surface area contributed by atoms with E-state index in [0.29, 0.717) is 10.8 Å². The molecule has 0 spiro atoms. The highest BCUT2D eigenvalue weighted by Gasteiger charge is 2.58. The molecule has 0 aromatic rings. The summed E-state index contributed by atoms with van der Waals surface area (Å²) in [6.07, 6.45) is 4.26. The first kappa shape index (κ1) is 9.30. The van der Waals surface area contributed by atoms with Crippen LogP contribution >= 0.6 is 0 Å². The third-order valence-corrected chi connectivity index (χ3v) is 5.16. The van der Waals surface area contributed by atoms with Gasteiger partial charge in [-0.2, -0.15) is 0 Å². The number of hydrogen-bond donors (Lipinski definition) is 0. The maximum atomic E-state index is 2.49. The van der Waals surface area contributed by atoms with Crippen LogP contribution in [0.25, 0.3) is 0 Å². The van der Waals surface area contributed by atoms with Crippen molar-refractivity contribution in [1.29, 1.82) is 0 Å². The van der Waals surface area contributed by atoms with Gasteiger partial charge >= 0.3 is 0 Å². The molecule has 0 heteroatoms. The number of rotatable bonds is 0. The lowest BCUT2D eigenvalue weighted by atomic mass is 9.68. The predicted octanol–water partition coefficient (Wildman–Crippen LogP) is 4.17. The summed E-state index contributed by atoms with van der Waals surface area (Å²) in [5, 5.41) is 0. The molecule has 2 rings (SSSR count). The van der Waals surface area contributed by atoms with Crippen LogP contribution in [0.4, 0.5) is 0 Å². The lowest BCUT2D eigenvalue weighted by Gasteiger charge is -2.36. The molecule has 0 radical (unpaired) electrons. The summed E-state index contributed by atoms with van der Waals surface area (Å²) in [5.74, 6) is 0.961. The van der Waals surface area contributed by atoms with Gasteiger partial charge in [-0.25, -0.2) is 0 Å². The van der Waals surface area contributed by atoms with Gasteiger partial charge in [0, 0.05) is 0 Å². The zero-order chi connectivity index (χ0) is 9.85. The molecular weight excluding hydrogens is 156 g/mol. The summed E-state index contributed by atoms with van der Waals surface area (Å²) in [4.78, 5) is 0. The van der Waals surface area contributed by atoms with E-state index in [9.17, 15) is 0 Å². The van der Waals surface area contributed by atoms with Crippen molar-refractivity contribution >= 4 is 0 Å². The Hall–Kier alpha value is -0.260. The highest BCUT2D eigenvalue weighted by molar-refractivity contribution is 5.31. The Labute approximate surface area is 82.4 Å². The van der Waals surface area contributed by atoms with Gasteiger partial charge in [0.05, 0.1) is 0 Å². The first-order chi connectivity index (χ1) is 5.89. The normalized spacial score (nSPS) is 41.3. The second-order valence-electron chi connectivity index (χ2n) is 5.97. The van der Waals surface area contributed by atoms with E-state index in [0.717, 1.165) is 5.92 Å². The van der Waals surface area contributed by atoms with Crippen LogP contribution in [0, 0.1) is 16.7 Å². The van der Waals surface area contributed by atoms with Gasteiger partial charge in [0.15, 0.2) is 0 Å². The van der Waals surface area contributed by atoms with Gasteiger partial charge in [0.25, 0.3) is 0 Å². The summed E-state index contributed by atoms with van der Waals surface area (Å²) in [5.41, 5.74) is 4.43. The van der Waals surface area contributed by atoms with Gasteiger partial charge in [0.2, 0.25) is 0 Å². The van der Waals surface area contributed by atoms with Crippen LogP contribution in [0.2, 0.25) is 0 Å². The van der Waals surface area contributed by atoms with Crippen LogP contribution < -0.4 is 0 Å². The smallest absolute Gasteiger partial charge is 0.00598 e. The maximum absolute atomic E-state index is 2.49. The minimum atomic E-state index is 0.524. The van der Waals surface area contributed by atoms with E-state index in [4.69, 9.17) is 0 Å². The molecule has 13 heavy (non-hydrogen) atoms. The van der Waals surface area contributed by atoms with E-state index in [1.54, 1.807) is 11.1 Å². The molecule has 0 aromatic carbocycles. The second-order valence-corrected chi connectivity index (χ2v) is 5.97. The van der Waals surface area contributed by atoms with Gasteiger partial charge in [0.1, 0.15) is 0 Å². The average Bonchev–Trinajstić information content (AvgIpc) is 2.34. The van der Waals surface area contributed by atoms with Crippen molar-refractivity contribution in [3.05, 3.63) is 11.1 Å². The summed E-state index contributed by atoms with van der Waals surface area (Å²) < 4.78 is 0. The zero-order valence-electron chi connectivity index (χ0n) is 9.70. The molecule has 2 atom stereocenters. The van der Waals surface area contributed by atoms with E-state index in [1.807, 2.05) is 0 Å². The zero-order valence-corrected chi connectivity index (χ0v) is 9.70. The molecule has 0 amide bonds. The average molecular weight is 178 g/mol. The molecule has 0 N–H and O–H groups in total. The topological polar surface area (TPSA) is 0 Å². The van der Waals surface area contributed by atoms with E-state index < -0.39 is 0 Å². The molecule has 2 saturated carbocycles. The van der Waals surface area contributed by atoms with Crippen molar-refractivity contribution < 1.29 is 0 Å². The largest absolute Gasteiger partial charge is 0.0766 e. The van der Waals surface area contributed by atoms with E-state index in [1.165, 1.54) is 19.3 Å². The van der Waals surface area contributed by atoms with Crippen LogP contribution in [0.1, 0.15) is 53.9 Å². The molecule has 2 aliphatic rings. The summed E-state index contributed by atoms with van der Waals surface area (Å²) in [6.45, 7) is 12.0. The van der Waals surface area contributed by atoms with Crippen LogP contribution in [-0.2, 0) is 0 Å². The fraction of sp³-hybridized carbons (Fsp3) is 0.846. The first-order valence-corrected chi connectivity index (χ1v) is 5.56. The summed E-state index contributed by atoms with van der Waals surface area (Å²) >= 11 is 0. The van der Waals surface area contributed by atoms with E-state index in [-0.39, 0.29) is 0 Å². The van der Waals surface area contributed by atoms with Crippen LogP contribution in [0.5, 0.6) is 0 Å². The Bertz CT molecular complexity index is 266. The Morgan fingerprint density at radius 2 is 1.85 bits per heavy atom. The maximum Gasteiger partial charge on any atom is -0.00598 e. The molecule has 0 nitrogen and oxygen atoms in total. The highest BCUT2D eigenvalue weighted by atomic mass is 14.6. The van der Waals surface area contributed by atoms with Gasteiger partial charge in [-0.15, -0.1) is 0 Å². The molecule has 0 saturated heterocycles. The standard InChI is InChI=1S/C13H22/c1-9(2)11-8-10-6-7-13(11,5)12(10,3)4/h10H,6-8H2,1-5H3/t10-,13+/m1/s1. The Morgan fingerprint density at radius 3 is 2.08 bits per heavy atom. The van der Waals surface area contributed by atoms with Gasteiger partial charge < -0.3 is 0 Å². The number of hydrogen-bond acceptors (Lipinski definition) is 0. The predicted molar refractivity (Wildman–Crippen MR) is 57.6 cm³/mol. The fourth-order valence-electron chi connectivity index (χ4n) is 3.72. The monoisotopic (exact) mass is 178 g/mol. The van der Waals surface area contributed by atoms with Gasteiger partial charge in [-0.05, 0) is 49.9 Å². The Balaban J connectivity index is 2.50. The number of allylic oxidation sites excluding steroid dienone is 2. The minimum Gasteiger partial charge on any atom is -0.0766 e. The minimum absolute atomic E-state index is 0.524. The van der Waals surface area contributed by atoms with Crippen molar-refractivity contribution in [1.82, 2.24) is 0 Å².